The Hall–Kier alpha value is -1.63. The van der Waals surface area contributed by atoms with E-state index >= 15 is 0 Å². The molecule has 1 aromatic carbocycles. The van der Waals surface area contributed by atoms with Crippen LogP contribution in [0.2, 0.25) is 0 Å². The van der Waals surface area contributed by atoms with Crippen LogP contribution in [-0.2, 0) is 42.6 Å². The van der Waals surface area contributed by atoms with E-state index in [2.05, 4.69) is 6.92 Å². The van der Waals surface area contributed by atoms with Gasteiger partial charge in [-0.05, 0) is 18.6 Å². The van der Waals surface area contributed by atoms with Gasteiger partial charge in [0.2, 0.25) is 0 Å². The highest BCUT2D eigenvalue weighted by Gasteiger charge is 2.05. The number of unbranched alkanes of at least 4 members (excludes halogenated alkanes) is 9. The Bertz CT molecular complexity index is 722. The summed E-state index contributed by atoms with van der Waals surface area (Å²) in [5, 5.41) is 0. The summed E-state index contributed by atoms with van der Waals surface area (Å²) in [6.07, 6.45) is 13.4. The van der Waals surface area contributed by atoms with Crippen molar-refractivity contribution in [3.05, 3.63) is 35.9 Å². The highest BCUT2D eigenvalue weighted by atomic mass is 16.6. The van der Waals surface area contributed by atoms with E-state index in [4.69, 9.17) is 42.6 Å². The van der Waals surface area contributed by atoms with Crippen molar-refractivity contribution in [3.8, 4) is 0 Å². The van der Waals surface area contributed by atoms with Crippen molar-refractivity contribution in [2.24, 2.45) is 0 Å². The molecule has 0 aromatic heterocycles. The lowest BCUT2D eigenvalue weighted by molar-refractivity contribution is -0.0244. The molecule has 0 fully saturated rings. The molecule has 0 spiro atoms. The van der Waals surface area contributed by atoms with Crippen LogP contribution in [0.25, 0.3) is 0 Å². The van der Waals surface area contributed by atoms with Crippen molar-refractivity contribution in [3.63, 3.8) is 0 Å². The first-order valence-electron chi connectivity index (χ1n) is 17.2. The fraction of sp³-hybridized carbons (Fsp3) is 0.800. The summed E-state index contributed by atoms with van der Waals surface area (Å²) < 4.78 is 49.1. The molecule has 0 N–H and O–H groups in total. The Balaban J connectivity index is 1.63. The first kappa shape index (κ1) is 41.4. The molecule has 0 amide bonds. The second kappa shape index (κ2) is 35.2. The number of benzene rings is 1. The largest absolute Gasteiger partial charge is 0.460 e. The van der Waals surface area contributed by atoms with Gasteiger partial charge >= 0.3 is 5.97 Å². The molecule has 0 unspecified atom stereocenters. The Kier molecular flexibility index (Phi) is 32.4. The van der Waals surface area contributed by atoms with Crippen molar-refractivity contribution in [2.45, 2.75) is 71.1 Å². The summed E-state index contributed by atoms with van der Waals surface area (Å²) in [4.78, 5) is 11.8. The van der Waals surface area contributed by atoms with Crippen molar-refractivity contribution < 1.29 is 47.4 Å². The SMILES string of the molecule is CCCCCCCCCCCCOCCOCCOCCOCCOCCOCCOCCOCCOC(=O)c1ccccc1. The molecule has 0 heterocycles. The molecule has 0 aliphatic rings. The zero-order valence-corrected chi connectivity index (χ0v) is 28.1. The maximum Gasteiger partial charge on any atom is 0.338 e. The van der Waals surface area contributed by atoms with Crippen molar-refractivity contribution in [1.82, 2.24) is 0 Å². The first-order chi connectivity index (χ1) is 22.3. The monoisotopic (exact) mass is 642 g/mol. The van der Waals surface area contributed by atoms with Gasteiger partial charge in [-0.1, -0.05) is 82.9 Å². The zero-order valence-electron chi connectivity index (χ0n) is 28.1. The Morgan fingerprint density at radius 1 is 0.400 bits per heavy atom. The van der Waals surface area contributed by atoms with E-state index in [0.717, 1.165) is 13.0 Å². The molecule has 0 saturated heterocycles. The fourth-order valence-corrected chi connectivity index (χ4v) is 4.18. The standard InChI is InChI=1S/C35H62O10/c1-2-3-4-5-6-7-8-9-10-14-17-37-18-19-38-20-21-39-22-23-40-24-25-41-26-27-42-28-29-43-30-31-44-32-33-45-35(36)34-15-12-11-13-16-34/h11-13,15-16H,2-10,14,17-33H2,1H3. The maximum atomic E-state index is 11.8. The molecule has 45 heavy (non-hydrogen) atoms. The first-order valence-corrected chi connectivity index (χ1v) is 17.2. The van der Waals surface area contributed by atoms with Gasteiger partial charge in [0.15, 0.2) is 0 Å². The Labute approximate surface area is 272 Å². The second-order valence-corrected chi connectivity index (χ2v) is 10.6. The molecule has 0 aliphatic carbocycles. The third-order valence-electron chi connectivity index (χ3n) is 6.72. The van der Waals surface area contributed by atoms with Gasteiger partial charge in [-0.3, -0.25) is 0 Å². The van der Waals surface area contributed by atoms with Crippen molar-refractivity contribution in [1.29, 1.82) is 0 Å². The molecule has 0 saturated carbocycles. The van der Waals surface area contributed by atoms with E-state index in [9.17, 15) is 4.79 Å². The summed E-state index contributed by atoms with van der Waals surface area (Å²) >= 11 is 0. The number of rotatable bonds is 36. The normalized spacial score (nSPS) is 11.3. The molecule has 10 nitrogen and oxygen atoms in total. The molecular weight excluding hydrogens is 580 g/mol. The van der Waals surface area contributed by atoms with Crippen LogP contribution in [0.5, 0.6) is 0 Å². The van der Waals surface area contributed by atoms with Crippen LogP contribution < -0.4 is 0 Å². The summed E-state index contributed by atoms with van der Waals surface area (Å²) in [5.74, 6) is -0.350. The van der Waals surface area contributed by atoms with Gasteiger partial charge in [-0.15, -0.1) is 0 Å². The van der Waals surface area contributed by atoms with Gasteiger partial charge in [0.25, 0.3) is 0 Å². The predicted molar refractivity (Wildman–Crippen MR) is 175 cm³/mol. The third kappa shape index (κ3) is 30.8. The molecule has 1 rings (SSSR count). The predicted octanol–water partition coefficient (Wildman–Crippen LogP) is 5.90. The Morgan fingerprint density at radius 2 is 0.711 bits per heavy atom. The summed E-state index contributed by atoms with van der Waals surface area (Å²) in [6, 6.07) is 8.88. The van der Waals surface area contributed by atoms with Crippen LogP contribution in [0.1, 0.15) is 81.5 Å². The second-order valence-electron chi connectivity index (χ2n) is 10.6. The molecule has 0 bridgehead atoms. The average Bonchev–Trinajstić information content (AvgIpc) is 3.06. The van der Waals surface area contributed by atoms with Crippen molar-refractivity contribution in [2.75, 3.05) is 112 Å². The number of esters is 1. The van der Waals surface area contributed by atoms with Crippen LogP contribution >= 0.6 is 0 Å². The minimum absolute atomic E-state index is 0.210. The number of hydrogen-bond acceptors (Lipinski definition) is 10. The van der Waals surface area contributed by atoms with Gasteiger partial charge in [0, 0.05) is 6.61 Å². The molecule has 0 radical (unpaired) electrons. The van der Waals surface area contributed by atoms with Gasteiger partial charge in [0.1, 0.15) is 6.61 Å². The topological polar surface area (TPSA) is 100 Å². The van der Waals surface area contributed by atoms with Gasteiger partial charge in [-0.25, -0.2) is 4.79 Å². The van der Waals surface area contributed by atoms with Crippen LogP contribution in [0, 0.1) is 0 Å². The van der Waals surface area contributed by atoms with E-state index in [1.807, 2.05) is 6.07 Å². The lowest BCUT2D eigenvalue weighted by Gasteiger charge is -2.09. The van der Waals surface area contributed by atoms with E-state index in [-0.39, 0.29) is 12.6 Å². The minimum atomic E-state index is -0.350. The van der Waals surface area contributed by atoms with E-state index in [0.29, 0.717) is 105 Å². The summed E-state index contributed by atoms with van der Waals surface area (Å²) in [7, 11) is 0. The zero-order chi connectivity index (χ0) is 32.1. The number of ether oxygens (including phenoxy) is 9. The van der Waals surface area contributed by atoms with Crippen molar-refractivity contribution >= 4 is 5.97 Å². The lowest BCUT2D eigenvalue weighted by atomic mass is 10.1. The maximum absolute atomic E-state index is 11.8. The molecule has 1 aromatic rings. The fourth-order valence-electron chi connectivity index (χ4n) is 4.18. The average molecular weight is 643 g/mol. The highest BCUT2D eigenvalue weighted by molar-refractivity contribution is 5.89. The smallest absolute Gasteiger partial charge is 0.338 e. The van der Waals surface area contributed by atoms with Crippen LogP contribution in [-0.4, -0.2) is 118 Å². The van der Waals surface area contributed by atoms with Crippen LogP contribution in [0.3, 0.4) is 0 Å². The number of carbonyl (C=O) groups excluding carboxylic acids is 1. The van der Waals surface area contributed by atoms with E-state index in [1.165, 1.54) is 57.8 Å². The quantitative estimate of drug-likeness (QED) is 0.0650. The van der Waals surface area contributed by atoms with Crippen LogP contribution in [0.4, 0.5) is 0 Å². The summed E-state index contributed by atoms with van der Waals surface area (Å²) in [5.41, 5.74) is 0.532. The van der Waals surface area contributed by atoms with Crippen LogP contribution in [0.15, 0.2) is 30.3 Å². The molecule has 10 heteroatoms. The van der Waals surface area contributed by atoms with Gasteiger partial charge in [0.05, 0.1) is 105 Å². The minimum Gasteiger partial charge on any atom is -0.460 e. The number of carbonyl (C=O) groups is 1. The third-order valence-corrected chi connectivity index (χ3v) is 6.72. The molecule has 0 atom stereocenters. The highest BCUT2D eigenvalue weighted by Crippen LogP contribution is 2.10. The Morgan fingerprint density at radius 3 is 1.09 bits per heavy atom. The number of hydrogen-bond donors (Lipinski definition) is 0. The summed E-state index contributed by atoms with van der Waals surface area (Å²) in [6.45, 7) is 11.0. The molecular formula is C35H62O10. The van der Waals surface area contributed by atoms with Gasteiger partial charge in [-0.2, -0.15) is 0 Å². The van der Waals surface area contributed by atoms with E-state index < -0.39 is 0 Å². The van der Waals surface area contributed by atoms with Gasteiger partial charge < -0.3 is 42.6 Å². The molecule has 262 valence electrons. The lowest BCUT2D eigenvalue weighted by Crippen LogP contribution is -2.15. The molecule has 0 aliphatic heterocycles. The van der Waals surface area contributed by atoms with E-state index in [1.54, 1.807) is 24.3 Å².